The van der Waals surface area contributed by atoms with Crippen molar-refractivity contribution in [1.29, 1.82) is 0 Å². The van der Waals surface area contributed by atoms with Gasteiger partial charge in [-0.1, -0.05) is 39.8 Å². The third kappa shape index (κ3) is 20.5. The van der Waals surface area contributed by atoms with Gasteiger partial charge in [0, 0.05) is 0 Å². The average Bonchev–Trinajstić information content (AvgIpc) is 3.14. The van der Waals surface area contributed by atoms with Gasteiger partial charge in [0.15, 0.2) is 0 Å². The fraction of sp³-hybridized carbons (Fsp3) is 0.632. The molecule has 0 saturated heterocycles. The van der Waals surface area contributed by atoms with Crippen molar-refractivity contribution in [3.63, 3.8) is 0 Å². The number of aliphatic carboxylic acids is 2. The zero-order valence-electron chi connectivity index (χ0n) is 33.9. The Hall–Kier alpha value is -4.95. The number of nitrogens with two attached hydrogens (primary N) is 2. The molecule has 6 amide bonds. The summed E-state index contributed by atoms with van der Waals surface area (Å²) in [5.41, 5.74) is 12.3. The summed E-state index contributed by atoms with van der Waals surface area (Å²) >= 11 is 1.43. The molecule has 13 N–H and O–H groups in total. The summed E-state index contributed by atoms with van der Waals surface area (Å²) in [6.07, 6.45) is 2.46. The van der Waals surface area contributed by atoms with E-state index in [4.69, 9.17) is 11.5 Å². The SMILES string of the molecule is CSCC[C@H](NC(=O)[C@@H](N)Cc1ccc(O)cc1)C(=O)NCC(=O)N[C@@H](CC(C)C)C(=O)N[C@@H](CC(=O)O)C(=O)N[C@@H](CC(C)C)C(=O)N[C@@H](CCCCN)C(=O)O. The molecule has 0 radical (unpaired) electrons. The second kappa shape index (κ2) is 26.9. The van der Waals surface area contributed by atoms with Crippen LogP contribution in [0.1, 0.15) is 78.2 Å². The Labute approximate surface area is 343 Å². The highest BCUT2D eigenvalue weighted by molar-refractivity contribution is 7.98. The molecule has 0 aliphatic heterocycles. The normalized spacial score (nSPS) is 14.2. The van der Waals surface area contributed by atoms with Crippen LogP contribution in [0, 0.1) is 11.8 Å². The molecule has 0 aromatic heterocycles. The number of benzene rings is 1. The molecule has 58 heavy (non-hydrogen) atoms. The standard InChI is InChI=1S/C38H62N8O11S/c1-21(2)16-28(42-31(48)20-41-34(52)26(13-15-58-5)43-33(51)25(40)18-23-9-11-24(47)12-10-23)35(53)46-30(19-32(49)50)37(55)45-29(17-22(3)4)36(54)44-27(38(56)57)8-6-7-14-39/h9-12,21-22,25-30,47H,6-8,13-20,39-40H2,1-5H3,(H,41,52)(H,42,48)(H,43,51)(H,44,54)(H,45,55)(H,46,53)(H,49,50)(H,56,57)/t25-,26-,27-,28-,29-,30-/m0/s1. The van der Waals surface area contributed by atoms with Crippen molar-refractivity contribution in [2.45, 2.75) is 115 Å². The number of rotatable bonds is 28. The van der Waals surface area contributed by atoms with Gasteiger partial charge < -0.3 is 58.7 Å². The number of nitrogens with one attached hydrogen (secondary N) is 6. The summed E-state index contributed by atoms with van der Waals surface area (Å²) in [5, 5.41) is 43.5. The summed E-state index contributed by atoms with van der Waals surface area (Å²) in [5.74, 6) is -7.34. The molecule has 1 aromatic carbocycles. The van der Waals surface area contributed by atoms with Gasteiger partial charge in [-0.15, -0.1) is 0 Å². The van der Waals surface area contributed by atoms with E-state index in [1.54, 1.807) is 39.8 Å². The Morgan fingerprint density at radius 3 is 1.71 bits per heavy atom. The van der Waals surface area contributed by atoms with E-state index in [0.717, 1.165) is 0 Å². The van der Waals surface area contributed by atoms with E-state index in [1.807, 2.05) is 6.26 Å². The smallest absolute Gasteiger partial charge is 0.326 e. The van der Waals surface area contributed by atoms with Crippen molar-refractivity contribution in [3.8, 4) is 5.75 Å². The number of carboxylic acids is 2. The van der Waals surface area contributed by atoms with Gasteiger partial charge in [0.1, 0.15) is 36.0 Å². The van der Waals surface area contributed by atoms with E-state index in [9.17, 15) is 53.7 Å². The van der Waals surface area contributed by atoms with Crippen LogP contribution in [0.3, 0.4) is 0 Å². The second-order valence-corrected chi connectivity index (χ2v) is 15.8. The lowest BCUT2D eigenvalue weighted by Gasteiger charge is -2.26. The molecule has 0 heterocycles. The largest absolute Gasteiger partial charge is 0.508 e. The number of aromatic hydroxyl groups is 1. The molecule has 0 fully saturated rings. The Balaban J connectivity index is 3.05. The quantitative estimate of drug-likeness (QED) is 0.0467. The maximum atomic E-state index is 13.5. The van der Waals surface area contributed by atoms with Gasteiger partial charge in [-0.2, -0.15) is 11.8 Å². The number of thioether (sulfide) groups is 1. The van der Waals surface area contributed by atoms with Crippen molar-refractivity contribution >= 4 is 59.1 Å². The van der Waals surface area contributed by atoms with E-state index in [-0.39, 0.29) is 49.7 Å². The summed E-state index contributed by atoms with van der Waals surface area (Å²) in [6, 6.07) is -1.41. The van der Waals surface area contributed by atoms with Crippen LogP contribution < -0.4 is 43.4 Å². The number of carbonyl (C=O) groups is 8. The third-order valence-corrected chi connectivity index (χ3v) is 9.31. The summed E-state index contributed by atoms with van der Waals surface area (Å²) < 4.78 is 0. The van der Waals surface area contributed by atoms with Crippen LogP contribution in [0.15, 0.2) is 24.3 Å². The van der Waals surface area contributed by atoms with Crippen molar-refractivity contribution in [2.24, 2.45) is 23.3 Å². The monoisotopic (exact) mass is 838 g/mol. The fourth-order valence-corrected chi connectivity index (χ4v) is 6.13. The highest BCUT2D eigenvalue weighted by atomic mass is 32.2. The molecule has 19 nitrogen and oxygen atoms in total. The molecule has 0 aliphatic carbocycles. The van der Waals surface area contributed by atoms with Crippen molar-refractivity contribution < 1.29 is 53.7 Å². The molecular weight excluding hydrogens is 777 g/mol. The van der Waals surface area contributed by atoms with Gasteiger partial charge in [-0.3, -0.25) is 33.6 Å². The Morgan fingerprint density at radius 1 is 0.672 bits per heavy atom. The lowest BCUT2D eigenvalue weighted by molar-refractivity contribution is -0.143. The van der Waals surface area contributed by atoms with Crippen molar-refractivity contribution in [2.75, 3.05) is 25.1 Å². The van der Waals surface area contributed by atoms with E-state index in [0.29, 0.717) is 30.7 Å². The van der Waals surface area contributed by atoms with E-state index in [1.165, 1.54) is 23.9 Å². The van der Waals surface area contributed by atoms with E-state index >= 15 is 0 Å². The van der Waals surface area contributed by atoms with E-state index < -0.39 is 96.6 Å². The molecule has 1 aromatic rings. The molecule has 0 spiro atoms. The number of hydrogen-bond acceptors (Lipinski definition) is 12. The van der Waals surface area contributed by atoms with Crippen LogP contribution in [0.2, 0.25) is 0 Å². The minimum atomic E-state index is -1.69. The number of carboxylic acid groups (broad SMARTS) is 2. The van der Waals surface area contributed by atoms with Crippen molar-refractivity contribution in [3.05, 3.63) is 29.8 Å². The first kappa shape index (κ1) is 51.1. The van der Waals surface area contributed by atoms with Gasteiger partial charge in [-0.05, 0) is 93.0 Å². The van der Waals surface area contributed by atoms with Crippen LogP contribution in [0.5, 0.6) is 5.75 Å². The number of unbranched alkanes of at least 4 members (excludes halogenated alkanes) is 1. The van der Waals surface area contributed by atoms with Crippen LogP contribution >= 0.6 is 11.8 Å². The van der Waals surface area contributed by atoms with Crippen LogP contribution in [0.4, 0.5) is 0 Å². The molecule has 6 atom stereocenters. The molecule has 1 rings (SSSR count). The van der Waals surface area contributed by atoms with E-state index in [2.05, 4.69) is 31.9 Å². The Bertz CT molecular complexity index is 1530. The molecular formula is C38H62N8O11S. The van der Waals surface area contributed by atoms with Crippen LogP contribution in [-0.2, 0) is 44.8 Å². The number of phenolic OH excluding ortho intramolecular Hbond substituents is 1. The van der Waals surface area contributed by atoms with Crippen molar-refractivity contribution in [1.82, 2.24) is 31.9 Å². The van der Waals surface area contributed by atoms with Gasteiger partial charge in [0.2, 0.25) is 35.4 Å². The highest BCUT2D eigenvalue weighted by Gasteiger charge is 2.33. The number of amides is 6. The molecule has 0 unspecified atom stereocenters. The minimum absolute atomic E-state index is 0.0529. The number of carbonyl (C=O) groups excluding carboxylic acids is 6. The number of phenols is 1. The van der Waals surface area contributed by atoms with Crippen LogP contribution in [0.25, 0.3) is 0 Å². The third-order valence-electron chi connectivity index (χ3n) is 8.67. The lowest BCUT2D eigenvalue weighted by Crippen LogP contribution is -2.59. The van der Waals surface area contributed by atoms with Gasteiger partial charge in [-0.25, -0.2) is 4.79 Å². The Morgan fingerprint density at radius 2 is 1.19 bits per heavy atom. The van der Waals surface area contributed by atoms with Gasteiger partial charge >= 0.3 is 11.9 Å². The molecule has 0 aliphatic rings. The topological polar surface area (TPSA) is 321 Å². The molecule has 20 heteroatoms. The zero-order valence-corrected chi connectivity index (χ0v) is 34.7. The number of hydrogen-bond donors (Lipinski definition) is 11. The molecule has 0 saturated carbocycles. The second-order valence-electron chi connectivity index (χ2n) is 14.8. The summed E-state index contributed by atoms with van der Waals surface area (Å²) in [7, 11) is 0. The predicted molar refractivity (Wildman–Crippen MR) is 217 cm³/mol. The van der Waals surface area contributed by atoms with Gasteiger partial charge in [0.05, 0.1) is 19.0 Å². The maximum absolute atomic E-state index is 13.5. The lowest BCUT2D eigenvalue weighted by atomic mass is 10.0. The fourth-order valence-electron chi connectivity index (χ4n) is 5.65. The summed E-state index contributed by atoms with van der Waals surface area (Å²) in [4.78, 5) is 103. The maximum Gasteiger partial charge on any atom is 0.326 e. The summed E-state index contributed by atoms with van der Waals surface area (Å²) in [6.45, 7) is 6.78. The van der Waals surface area contributed by atoms with Crippen LogP contribution in [-0.4, -0.2) is 124 Å². The van der Waals surface area contributed by atoms with Gasteiger partial charge in [0.25, 0.3) is 0 Å². The highest BCUT2D eigenvalue weighted by Crippen LogP contribution is 2.12. The average molecular weight is 839 g/mol. The Kier molecular flexibility index (Phi) is 23.7. The molecule has 326 valence electrons. The molecule has 0 bridgehead atoms. The first-order valence-corrected chi connectivity index (χ1v) is 20.6. The zero-order chi connectivity index (χ0) is 43.9. The first-order chi connectivity index (χ1) is 27.3. The first-order valence-electron chi connectivity index (χ1n) is 19.2. The predicted octanol–water partition coefficient (Wildman–Crippen LogP) is -0.664. The minimum Gasteiger partial charge on any atom is -0.508 e.